The molecule has 0 spiro atoms. The molecule has 10 nitrogen and oxygen atoms in total. The predicted octanol–water partition coefficient (Wildman–Crippen LogP) is 3.61. The summed E-state index contributed by atoms with van der Waals surface area (Å²) >= 11 is 7.19. The smallest absolute Gasteiger partial charge is 0.303 e. The Balaban J connectivity index is 0.000000624. The van der Waals surface area contributed by atoms with Crippen LogP contribution in [0.1, 0.15) is 31.6 Å². The number of amides is 3. The third kappa shape index (κ3) is 10.7. The van der Waals surface area contributed by atoms with Gasteiger partial charge in [-0.3, -0.25) is 19.2 Å². The van der Waals surface area contributed by atoms with Crippen LogP contribution in [-0.4, -0.2) is 70.2 Å². The number of aryl methyl sites for hydroxylation is 1. The van der Waals surface area contributed by atoms with Crippen LogP contribution in [0.3, 0.4) is 0 Å². The Morgan fingerprint density at radius 2 is 1.89 bits per heavy atom. The van der Waals surface area contributed by atoms with Gasteiger partial charge >= 0.3 is 5.97 Å². The highest BCUT2D eigenvalue weighted by atomic mass is 35.5. The van der Waals surface area contributed by atoms with Gasteiger partial charge < -0.3 is 29.9 Å². The number of hydrogen-bond acceptors (Lipinski definition) is 8. The summed E-state index contributed by atoms with van der Waals surface area (Å²) in [6.45, 7) is 6.50. The Kier molecular flexibility index (Phi) is 13.0. The normalized spacial score (nSPS) is 13.1. The maximum Gasteiger partial charge on any atom is 0.303 e. The summed E-state index contributed by atoms with van der Waals surface area (Å²) in [4.78, 5) is 51.1. The lowest BCUT2D eigenvalue weighted by Gasteiger charge is -2.26. The monoisotopic (exact) mass is 566 g/mol. The molecule has 1 aliphatic heterocycles. The van der Waals surface area contributed by atoms with E-state index in [1.807, 2.05) is 25.1 Å². The lowest BCUT2D eigenvalue weighted by Crippen LogP contribution is -2.40. The number of methoxy groups -OCH3 is 1. The molecule has 2 N–H and O–H groups in total. The molecule has 12 heteroatoms. The number of nitrogens with one attached hydrogen (secondary N) is 2. The lowest BCUT2D eigenvalue weighted by atomic mass is 10.2. The summed E-state index contributed by atoms with van der Waals surface area (Å²) < 4.78 is 11.0. The molecule has 208 valence electrons. The third-order valence-corrected chi connectivity index (χ3v) is 6.73. The van der Waals surface area contributed by atoms with Gasteiger partial charge in [0.1, 0.15) is 0 Å². The van der Waals surface area contributed by atoms with E-state index in [0.29, 0.717) is 17.8 Å². The van der Waals surface area contributed by atoms with Gasteiger partial charge in [-0.25, -0.2) is 0 Å². The van der Waals surface area contributed by atoms with E-state index >= 15 is 0 Å². The van der Waals surface area contributed by atoms with Gasteiger partial charge in [-0.2, -0.15) is 0 Å². The molecular weight excluding hydrogens is 532 g/mol. The maximum atomic E-state index is 12.3. The zero-order chi connectivity index (χ0) is 28.1. The summed E-state index contributed by atoms with van der Waals surface area (Å²) in [5, 5.41) is 5.45. The Morgan fingerprint density at radius 1 is 1.18 bits per heavy atom. The van der Waals surface area contributed by atoms with Crippen molar-refractivity contribution in [3.8, 4) is 0 Å². The lowest BCUT2D eigenvalue weighted by molar-refractivity contribution is -0.144. The topological polar surface area (TPSA) is 117 Å². The molecule has 1 aromatic heterocycles. The third-order valence-electron chi connectivity index (χ3n) is 5.59. The minimum absolute atomic E-state index is 0.188. The molecule has 0 bridgehead atoms. The van der Waals surface area contributed by atoms with E-state index in [2.05, 4.69) is 15.5 Å². The molecule has 1 aromatic carbocycles. The second kappa shape index (κ2) is 16.0. The highest BCUT2D eigenvalue weighted by molar-refractivity contribution is 7.16. The van der Waals surface area contributed by atoms with Crippen LogP contribution in [0, 0.1) is 6.92 Å². The fourth-order valence-corrected chi connectivity index (χ4v) is 4.71. The molecule has 1 unspecified atom stereocenters. The van der Waals surface area contributed by atoms with Crippen LogP contribution < -0.4 is 20.4 Å². The maximum absolute atomic E-state index is 12.3. The average Bonchev–Trinajstić information content (AvgIpc) is 3.55. The largest absolute Gasteiger partial charge is 0.456 e. The van der Waals surface area contributed by atoms with E-state index in [-0.39, 0.29) is 19.0 Å². The Bertz CT molecular complexity index is 1070. The Morgan fingerprint density at radius 3 is 2.39 bits per heavy atom. The van der Waals surface area contributed by atoms with Crippen LogP contribution in [0.5, 0.6) is 0 Å². The molecule has 3 rings (SSSR count). The van der Waals surface area contributed by atoms with E-state index in [4.69, 9.17) is 21.1 Å². The van der Waals surface area contributed by atoms with Gasteiger partial charge in [0.05, 0.1) is 28.4 Å². The zero-order valence-electron chi connectivity index (χ0n) is 22.1. The molecule has 1 saturated heterocycles. The summed E-state index contributed by atoms with van der Waals surface area (Å²) in [7, 11) is 1.51. The second-order valence-corrected chi connectivity index (χ2v) is 10.5. The number of thiophene rings is 1. The Hall–Kier alpha value is -3.15. The molecule has 0 radical (unpaired) electrons. The van der Waals surface area contributed by atoms with E-state index in [0.717, 1.165) is 36.0 Å². The molecule has 2 aromatic rings. The van der Waals surface area contributed by atoms with Gasteiger partial charge in [0, 0.05) is 51.2 Å². The van der Waals surface area contributed by atoms with Crippen LogP contribution in [0.2, 0.25) is 4.34 Å². The standard InChI is InChI=1S/C21H30N4O6.C5H5ClS/c1-15(27)22-11-18(30-3)12-25(14-26)17-6-7-20(24-8-4-5-9-24)19(10-17)23-21(29)13-31-16(2)28;1-4-2-3-5(6)7-4/h6-7,10,14,18H,4-5,8-9,11-13H2,1-3H3,(H,22,27)(H,23,29);2-3H,1H3. The number of hydrogen-bond donors (Lipinski definition) is 2. The summed E-state index contributed by atoms with van der Waals surface area (Å²) in [6.07, 6.45) is 2.38. The molecule has 1 atom stereocenters. The second-order valence-electron chi connectivity index (χ2n) is 8.63. The molecular formula is C26H35ClN4O6S. The fraction of sp³-hybridized carbons (Fsp3) is 0.462. The summed E-state index contributed by atoms with van der Waals surface area (Å²) in [6, 6.07) is 9.27. The van der Waals surface area contributed by atoms with Crippen molar-refractivity contribution in [2.75, 3.05) is 55.0 Å². The van der Waals surface area contributed by atoms with Crippen LogP contribution in [0.15, 0.2) is 30.3 Å². The van der Waals surface area contributed by atoms with Crippen molar-refractivity contribution < 1.29 is 28.7 Å². The number of carbonyl (C=O) groups excluding carboxylic acids is 4. The predicted molar refractivity (Wildman–Crippen MR) is 150 cm³/mol. The first-order chi connectivity index (χ1) is 18.1. The van der Waals surface area contributed by atoms with E-state index in [1.165, 1.54) is 30.7 Å². The van der Waals surface area contributed by atoms with Crippen LogP contribution >= 0.6 is 22.9 Å². The van der Waals surface area contributed by atoms with Crippen molar-refractivity contribution in [3.63, 3.8) is 0 Å². The van der Waals surface area contributed by atoms with Crippen molar-refractivity contribution >= 4 is 64.2 Å². The number of esters is 1. The van der Waals surface area contributed by atoms with E-state index in [1.54, 1.807) is 23.5 Å². The van der Waals surface area contributed by atoms with Gasteiger partial charge in [0.15, 0.2) is 6.61 Å². The zero-order valence-corrected chi connectivity index (χ0v) is 23.7. The molecule has 1 fully saturated rings. The van der Waals surface area contributed by atoms with Crippen molar-refractivity contribution in [2.45, 2.75) is 39.7 Å². The number of benzene rings is 1. The number of anilines is 3. The first-order valence-corrected chi connectivity index (χ1v) is 13.4. The number of halogens is 1. The van der Waals surface area contributed by atoms with E-state index < -0.39 is 24.6 Å². The number of rotatable bonds is 11. The van der Waals surface area contributed by atoms with Crippen LogP contribution in [0.4, 0.5) is 17.1 Å². The Labute approximate surface area is 232 Å². The SMILES string of the molecule is COC(CNC(C)=O)CN(C=O)c1ccc(N2CCCC2)c(NC(=O)COC(C)=O)c1.Cc1ccc(Cl)s1. The summed E-state index contributed by atoms with van der Waals surface area (Å²) in [5.41, 5.74) is 1.93. The molecule has 2 heterocycles. The minimum Gasteiger partial charge on any atom is -0.456 e. The number of ether oxygens (including phenoxy) is 2. The minimum atomic E-state index is -0.541. The van der Waals surface area contributed by atoms with Crippen LogP contribution in [-0.2, 0) is 28.7 Å². The molecule has 1 aliphatic rings. The highest BCUT2D eigenvalue weighted by Gasteiger charge is 2.20. The highest BCUT2D eigenvalue weighted by Crippen LogP contribution is 2.33. The molecule has 38 heavy (non-hydrogen) atoms. The fourth-order valence-electron chi connectivity index (χ4n) is 3.70. The number of carbonyl (C=O) groups is 4. The van der Waals surface area contributed by atoms with Crippen molar-refractivity contribution in [1.82, 2.24) is 5.32 Å². The average molecular weight is 567 g/mol. The van der Waals surface area contributed by atoms with Crippen molar-refractivity contribution in [1.29, 1.82) is 0 Å². The van der Waals surface area contributed by atoms with Gasteiger partial charge in [0.2, 0.25) is 12.3 Å². The van der Waals surface area contributed by atoms with Gasteiger partial charge in [-0.05, 0) is 50.1 Å². The molecule has 3 amide bonds. The summed E-state index contributed by atoms with van der Waals surface area (Å²) in [5.74, 6) is -1.20. The number of nitrogens with zero attached hydrogens (tertiary/aromatic N) is 2. The molecule has 0 saturated carbocycles. The first-order valence-electron chi connectivity index (χ1n) is 12.2. The van der Waals surface area contributed by atoms with Gasteiger partial charge in [-0.15, -0.1) is 11.3 Å². The van der Waals surface area contributed by atoms with Gasteiger partial charge in [-0.1, -0.05) is 11.6 Å². The van der Waals surface area contributed by atoms with Crippen molar-refractivity contribution in [2.24, 2.45) is 0 Å². The van der Waals surface area contributed by atoms with Crippen molar-refractivity contribution in [3.05, 3.63) is 39.5 Å². The molecule has 0 aliphatic carbocycles. The first kappa shape index (κ1) is 31.1. The quantitative estimate of drug-likeness (QED) is 0.315. The van der Waals surface area contributed by atoms with Crippen LogP contribution in [0.25, 0.3) is 0 Å². The van der Waals surface area contributed by atoms with E-state index in [9.17, 15) is 19.2 Å². The van der Waals surface area contributed by atoms with Gasteiger partial charge in [0.25, 0.3) is 5.91 Å².